The van der Waals surface area contributed by atoms with Crippen LogP contribution in [-0.4, -0.2) is 23.5 Å². The first-order valence-electron chi connectivity index (χ1n) is 5.32. The molecule has 0 radical (unpaired) electrons. The van der Waals surface area contributed by atoms with Gasteiger partial charge in [0, 0.05) is 18.4 Å². The predicted molar refractivity (Wildman–Crippen MR) is 66.1 cm³/mol. The van der Waals surface area contributed by atoms with E-state index in [-0.39, 0.29) is 17.9 Å². The van der Waals surface area contributed by atoms with Crippen molar-refractivity contribution < 1.29 is 4.79 Å². The molecule has 1 aromatic heterocycles. The normalized spacial score (nSPS) is 24.4. The minimum atomic E-state index is 0.0556. The van der Waals surface area contributed by atoms with Crippen molar-refractivity contribution in [2.24, 2.45) is 5.92 Å². The Balaban J connectivity index is 2.05. The number of amides is 1. The summed E-state index contributed by atoms with van der Waals surface area (Å²) in [6, 6.07) is 2.04. The summed E-state index contributed by atoms with van der Waals surface area (Å²) in [6.45, 7) is 2.95. The van der Waals surface area contributed by atoms with Gasteiger partial charge < -0.3 is 10.6 Å². The molecule has 1 aromatic rings. The van der Waals surface area contributed by atoms with Crippen LogP contribution in [0.25, 0.3) is 0 Å². The van der Waals surface area contributed by atoms with Crippen LogP contribution in [0, 0.1) is 5.92 Å². The van der Waals surface area contributed by atoms with Gasteiger partial charge in [0.25, 0.3) is 0 Å². The van der Waals surface area contributed by atoms with Gasteiger partial charge >= 0.3 is 0 Å². The summed E-state index contributed by atoms with van der Waals surface area (Å²) < 4.78 is 0.807. The van der Waals surface area contributed by atoms with Gasteiger partial charge in [-0.05, 0) is 41.9 Å². The van der Waals surface area contributed by atoms with E-state index in [2.05, 4.69) is 31.5 Å². The Bertz CT molecular complexity index is 397. The summed E-state index contributed by atoms with van der Waals surface area (Å²) in [4.78, 5) is 15.9. The number of rotatable bonds is 2. The third-order valence-electron chi connectivity index (χ3n) is 2.89. The van der Waals surface area contributed by atoms with E-state index >= 15 is 0 Å². The zero-order valence-corrected chi connectivity index (χ0v) is 10.6. The minimum absolute atomic E-state index is 0.0556. The second-order valence-electron chi connectivity index (χ2n) is 3.98. The Labute approximate surface area is 103 Å². The lowest BCUT2D eigenvalue weighted by Crippen LogP contribution is -2.32. The molecule has 86 valence electrons. The number of pyridine rings is 1. The number of aromatic nitrogens is 1. The van der Waals surface area contributed by atoms with Crippen LogP contribution in [-0.2, 0) is 4.79 Å². The van der Waals surface area contributed by atoms with Crippen molar-refractivity contribution in [1.29, 1.82) is 0 Å². The number of anilines is 1. The first-order chi connectivity index (χ1) is 7.68. The van der Waals surface area contributed by atoms with E-state index in [0.29, 0.717) is 0 Å². The number of nitrogens with one attached hydrogen (secondary N) is 2. The van der Waals surface area contributed by atoms with E-state index < -0.39 is 0 Å². The molecule has 0 saturated carbocycles. The number of hydrogen-bond acceptors (Lipinski definition) is 3. The molecule has 5 heteroatoms. The summed E-state index contributed by atoms with van der Waals surface area (Å²) in [5, 5.41) is 6.18. The number of carbonyl (C=O) groups excluding carboxylic acids is 1. The molecule has 2 unspecified atom stereocenters. The molecular formula is C11H14BrN3O. The largest absolute Gasteiger partial charge is 0.325 e. The Hall–Kier alpha value is -0.940. The van der Waals surface area contributed by atoms with Gasteiger partial charge in [-0.2, -0.15) is 0 Å². The lowest BCUT2D eigenvalue weighted by molar-refractivity contribution is -0.120. The highest BCUT2D eigenvalue weighted by atomic mass is 79.9. The summed E-state index contributed by atoms with van der Waals surface area (Å²) in [5.74, 6) is 0.129. The summed E-state index contributed by atoms with van der Waals surface area (Å²) in [6.07, 6.45) is 4.23. The Morgan fingerprint density at radius 1 is 1.69 bits per heavy atom. The molecule has 0 spiro atoms. The fraction of sp³-hybridized carbons (Fsp3) is 0.455. The van der Waals surface area contributed by atoms with Crippen molar-refractivity contribution in [2.75, 3.05) is 11.9 Å². The van der Waals surface area contributed by atoms with Crippen LogP contribution in [0.15, 0.2) is 22.9 Å². The summed E-state index contributed by atoms with van der Waals surface area (Å²) >= 11 is 3.36. The molecule has 2 N–H and O–H groups in total. The lowest BCUT2D eigenvalue weighted by Gasteiger charge is -2.15. The number of carbonyl (C=O) groups is 1. The van der Waals surface area contributed by atoms with Gasteiger partial charge in [0.15, 0.2) is 0 Å². The van der Waals surface area contributed by atoms with Gasteiger partial charge in [-0.25, -0.2) is 0 Å². The maximum atomic E-state index is 12.0. The number of halogens is 1. The van der Waals surface area contributed by atoms with Crippen LogP contribution < -0.4 is 10.6 Å². The quantitative estimate of drug-likeness (QED) is 0.870. The van der Waals surface area contributed by atoms with Crippen molar-refractivity contribution in [3.05, 3.63) is 22.9 Å². The van der Waals surface area contributed by atoms with E-state index in [1.54, 1.807) is 18.5 Å². The van der Waals surface area contributed by atoms with E-state index in [0.717, 1.165) is 23.1 Å². The molecule has 0 bridgehead atoms. The van der Waals surface area contributed by atoms with Crippen LogP contribution in [0.5, 0.6) is 0 Å². The third-order valence-corrected chi connectivity index (χ3v) is 3.52. The molecule has 1 aliphatic rings. The highest BCUT2D eigenvalue weighted by Crippen LogP contribution is 2.23. The van der Waals surface area contributed by atoms with Crippen LogP contribution in [0.1, 0.15) is 13.3 Å². The van der Waals surface area contributed by atoms with Crippen LogP contribution in [0.4, 0.5) is 5.69 Å². The van der Waals surface area contributed by atoms with Crippen molar-refractivity contribution in [2.45, 2.75) is 19.4 Å². The number of hydrogen-bond donors (Lipinski definition) is 2. The van der Waals surface area contributed by atoms with Crippen molar-refractivity contribution >= 4 is 27.5 Å². The SMILES string of the molecule is CC1NCCC1C(=O)Nc1ccncc1Br. The lowest BCUT2D eigenvalue weighted by atomic mass is 10.0. The molecule has 0 aromatic carbocycles. The van der Waals surface area contributed by atoms with E-state index in [1.807, 2.05) is 6.92 Å². The predicted octanol–water partition coefficient (Wildman–Crippen LogP) is 1.78. The molecule has 4 nitrogen and oxygen atoms in total. The summed E-state index contributed by atoms with van der Waals surface area (Å²) in [7, 11) is 0. The molecule has 2 rings (SSSR count). The first-order valence-corrected chi connectivity index (χ1v) is 6.11. The van der Waals surface area contributed by atoms with E-state index in [1.165, 1.54) is 0 Å². The highest BCUT2D eigenvalue weighted by molar-refractivity contribution is 9.10. The Morgan fingerprint density at radius 2 is 2.50 bits per heavy atom. The third kappa shape index (κ3) is 2.41. The molecule has 16 heavy (non-hydrogen) atoms. The van der Waals surface area contributed by atoms with E-state index in [4.69, 9.17) is 0 Å². The molecule has 1 fully saturated rings. The zero-order valence-electron chi connectivity index (χ0n) is 9.03. The van der Waals surface area contributed by atoms with Crippen LogP contribution >= 0.6 is 15.9 Å². The second-order valence-corrected chi connectivity index (χ2v) is 4.84. The van der Waals surface area contributed by atoms with Crippen molar-refractivity contribution in [1.82, 2.24) is 10.3 Å². The first kappa shape index (κ1) is 11.5. The van der Waals surface area contributed by atoms with Crippen LogP contribution in [0.2, 0.25) is 0 Å². The smallest absolute Gasteiger partial charge is 0.229 e. The highest BCUT2D eigenvalue weighted by Gasteiger charge is 2.29. The monoisotopic (exact) mass is 283 g/mol. The van der Waals surface area contributed by atoms with Gasteiger partial charge in [0.05, 0.1) is 16.1 Å². The molecular weight excluding hydrogens is 270 g/mol. The van der Waals surface area contributed by atoms with Crippen molar-refractivity contribution in [3.63, 3.8) is 0 Å². The van der Waals surface area contributed by atoms with Gasteiger partial charge in [-0.3, -0.25) is 9.78 Å². The maximum Gasteiger partial charge on any atom is 0.229 e. The zero-order chi connectivity index (χ0) is 11.5. The molecule has 1 saturated heterocycles. The topological polar surface area (TPSA) is 54.0 Å². The van der Waals surface area contributed by atoms with Gasteiger partial charge in [-0.15, -0.1) is 0 Å². The summed E-state index contributed by atoms with van der Waals surface area (Å²) in [5.41, 5.74) is 0.777. The Morgan fingerprint density at radius 3 is 3.12 bits per heavy atom. The average Bonchev–Trinajstić information content (AvgIpc) is 2.68. The second kappa shape index (κ2) is 4.93. The average molecular weight is 284 g/mol. The molecule has 1 aliphatic heterocycles. The Kier molecular flexibility index (Phi) is 3.56. The molecule has 0 aliphatic carbocycles. The van der Waals surface area contributed by atoms with E-state index in [9.17, 15) is 4.79 Å². The molecule has 2 atom stereocenters. The van der Waals surface area contributed by atoms with Gasteiger partial charge in [0.2, 0.25) is 5.91 Å². The van der Waals surface area contributed by atoms with Gasteiger partial charge in [0.1, 0.15) is 0 Å². The molecule has 2 heterocycles. The fourth-order valence-corrected chi connectivity index (χ4v) is 2.27. The van der Waals surface area contributed by atoms with Crippen molar-refractivity contribution in [3.8, 4) is 0 Å². The van der Waals surface area contributed by atoms with Crippen LogP contribution in [0.3, 0.4) is 0 Å². The van der Waals surface area contributed by atoms with Gasteiger partial charge in [-0.1, -0.05) is 0 Å². The fourth-order valence-electron chi connectivity index (χ4n) is 1.92. The number of nitrogens with zero attached hydrogens (tertiary/aromatic N) is 1. The standard InChI is InChI=1S/C11H14BrN3O/c1-7-8(2-5-14-7)11(16)15-10-3-4-13-6-9(10)12/h3-4,6-8,14H,2,5H2,1H3,(H,13,15,16). The minimum Gasteiger partial charge on any atom is -0.325 e. The maximum absolute atomic E-state index is 12.0. The molecule has 1 amide bonds.